The molecule has 0 aliphatic carbocycles. The maximum atomic E-state index is 13.4. The number of nitrogens with zero attached hydrogens (tertiary/aromatic N) is 1. The van der Waals surface area contributed by atoms with E-state index in [0.29, 0.717) is 18.4 Å². The molecule has 1 aromatic rings. The van der Waals surface area contributed by atoms with Crippen molar-refractivity contribution in [3.8, 4) is 6.07 Å². The number of hydrogen-bond donors (Lipinski definition) is 1. The van der Waals surface area contributed by atoms with Crippen LogP contribution >= 0.6 is 0 Å². The first-order chi connectivity index (χ1) is 9.53. The van der Waals surface area contributed by atoms with E-state index in [2.05, 4.69) is 0 Å². The summed E-state index contributed by atoms with van der Waals surface area (Å²) in [4.78, 5) is 0. The van der Waals surface area contributed by atoms with E-state index in [0.717, 1.165) is 19.3 Å². The first-order valence-electron chi connectivity index (χ1n) is 6.85. The Balaban J connectivity index is 1.97. The molecule has 0 radical (unpaired) electrons. The van der Waals surface area contributed by atoms with E-state index in [4.69, 9.17) is 5.26 Å². The van der Waals surface area contributed by atoms with Crippen LogP contribution in [-0.2, 0) is 16.4 Å². The highest BCUT2D eigenvalue weighted by Gasteiger charge is 2.46. The Morgan fingerprint density at radius 1 is 1.35 bits per heavy atom. The topological polar surface area (TPSA) is 61.1 Å². The molecule has 2 atom stereocenters. The second-order valence-corrected chi connectivity index (χ2v) is 7.74. The van der Waals surface area contributed by atoms with E-state index < -0.39 is 22.2 Å². The summed E-state index contributed by atoms with van der Waals surface area (Å²) in [6, 6.07) is 6.01. The third kappa shape index (κ3) is 2.17. The van der Waals surface area contributed by atoms with Crippen molar-refractivity contribution in [3.05, 3.63) is 35.1 Å². The van der Waals surface area contributed by atoms with Crippen molar-refractivity contribution >= 4 is 10.8 Å². The summed E-state index contributed by atoms with van der Waals surface area (Å²) in [6.45, 7) is 0. The van der Waals surface area contributed by atoms with Gasteiger partial charge in [0.05, 0.1) is 11.2 Å². The molecule has 2 unspecified atom stereocenters. The first-order valence-corrected chi connectivity index (χ1v) is 8.13. The van der Waals surface area contributed by atoms with Crippen molar-refractivity contribution in [1.82, 2.24) is 0 Å². The fourth-order valence-electron chi connectivity index (χ4n) is 3.42. The molecule has 2 heterocycles. The highest BCUT2D eigenvalue weighted by atomic mass is 32.2. The van der Waals surface area contributed by atoms with Crippen LogP contribution in [-0.4, -0.2) is 19.8 Å². The van der Waals surface area contributed by atoms with Crippen LogP contribution in [0.5, 0.6) is 0 Å². The van der Waals surface area contributed by atoms with Gasteiger partial charge in [0.25, 0.3) is 0 Å². The Bertz CT molecular complexity index is 594. The summed E-state index contributed by atoms with van der Waals surface area (Å²) in [6.07, 6.45) is 3.68. The first kappa shape index (κ1) is 13.7. The number of aliphatic hydroxyl groups is 1. The molecule has 20 heavy (non-hydrogen) atoms. The van der Waals surface area contributed by atoms with Crippen molar-refractivity contribution in [2.75, 3.05) is 0 Å². The Morgan fingerprint density at radius 3 is 2.60 bits per heavy atom. The maximum Gasteiger partial charge on any atom is 0.140 e. The number of fused-ring (bicyclic) bond motifs is 2. The predicted molar refractivity (Wildman–Crippen MR) is 73.8 cm³/mol. The summed E-state index contributed by atoms with van der Waals surface area (Å²) in [7, 11) is -0.867. The van der Waals surface area contributed by atoms with E-state index >= 15 is 0 Å². The molecule has 106 valence electrons. The molecule has 0 saturated carbocycles. The zero-order valence-electron chi connectivity index (χ0n) is 11.0. The van der Waals surface area contributed by atoms with E-state index in [1.807, 2.05) is 0 Å². The predicted octanol–water partition coefficient (Wildman–Crippen LogP) is 2.35. The lowest BCUT2D eigenvalue weighted by atomic mass is 9.80. The minimum atomic E-state index is -1.08. The fraction of sp³-hybridized carbons (Fsp3) is 0.533. The normalized spacial score (nSPS) is 36.4. The van der Waals surface area contributed by atoms with Crippen LogP contribution in [0.4, 0.5) is 4.39 Å². The summed E-state index contributed by atoms with van der Waals surface area (Å²) in [5, 5.41) is 19.9. The van der Waals surface area contributed by atoms with Crippen LogP contribution in [0.15, 0.2) is 18.2 Å². The molecule has 0 aromatic heterocycles. The molecule has 5 heteroatoms. The second-order valence-electron chi connectivity index (χ2n) is 5.75. The Morgan fingerprint density at radius 2 is 2.00 bits per heavy atom. The lowest BCUT2D eigenvalue weighted by Gasteiger charge is -2.43. The molecule has 2 fully saturated rings. The average molecular weight is 293 g/mol. The number of hydrogen-bond acceptors (Lipinski definition) is 3. The molecule has 1 N–H and O–H groups in total. The van der Waals surface area contributed by atoms with Crippen LogP contribution in [0.2, 0.25) is 0 Å². The number of halogens is 1. The van der Waals surface area contributed by atoms with Crippen LogP contribution in [0.1, 0.15) is 43.2 Å². The Hall–Kier alpha value is -1.25. The van der Waals surface area contributed by atoms with Crippen molar-refractivity contribution < 1.29 is 13.7 Å². The highest BCUT2D eigenvalue weighted by Crippen LogP contribution is 2.44. The summed E-state index contributed by atoms with van der Waals surface area (Å²) >= 11 is 0. The van der Waals surface area contributed by atoms with Gasteiger partial charge >= 0.3 is 0 Å². The summed E-state index contributed by atoms with van der Waals surface area (Å²) < 4.78 is 25.6. The number of rotatable bonds is 1. The lowest BCUT2D eigenvalue weighted by molar-refractivity contribution is 0.00647. The van der Waals surface area contributed by atoms with Crippen LogP contribution in [0.3, 0.4) is 0 Å². The van der Waals surface area contributed by atoms with Gasteiger partial charge in [-0.1, -0.05) is 12.5 Å². The minimum absolute atomic E-state index is 0.0167. The van der Waals surface area contributed by atoms with Gasteiger partial charge in [-0.15, -0.1) is 0 Å². The van der Waals surface area contributed by atoms with Crippen molar-refractivity contribution in [2.24, 2.45) is 0 Å². The van der Waals surface area contributed by atoms with Gasteiger partial charge < -0.3 is 5.11 Å². The standard InChI is InChI=1S/C15H16FNO2S/c16-14-5-4-11(6-10(14)9-17)15(18)7-12-2-1-3-13(8-15)20(12)19/h4-6,12-13,18H,1-3,7-8H2. The molecule has 0 spiro atoms. The minimum Gasteiger partial charge on any atom is -0.385 e. The van der Waals surface area contributed by atoms with E-state index in [-0.39, 0.29) is 16.1 Å². The number of nitriles is 1. The van der Waals surface area contributed by atoms with Crippen LogP contribution in [0, 0.1) is 17.1 Å². The second kappa shape index (κ2) is 4.94. The van der Waals surface area contributed by atoms with Crippen molar-refractivity contribution in [3.63, 3.8) is 0 Å². The zero-order chi connectivity index (χ0) is 14.3. The van der Waals surface area contributed by atoms with Gasteiger partial charge in [0.2, 0.25) is 0 Å². The van der Waals surface area contributed by atoms with E-state index in [1.165, 1.54) is 12.1 Å². The molecular formula is C15H16FNO2S. The van der Waals surface area contributed by atoms with Gasteiger partial charge in [0.15, 0.2) is 0 Å². The third-order valence-corrected chi connectivity index (χ3v) is 6.58. The molecule has 0 amide bonds. The maximum absolute atomic E-state index is 13.4. The monoisotopic (exact) mass is 293 g/mol. The molecule has 2 aliphatic rings. The largest absolute Gasteiger partial charge is 0.385 e. The zero-order valence-corrected chi connectivity index (χ0v) is 11.8. The van der Waals surface area contributed by atoms with Gasteiger partial charge in [-0.05, 0) is 43.4 Å². The molecule has 3 rings (SSSR count). The van der Waals surface area contributed by atoms with Crippen LogP contribution in [0.25, 0.3) is 0 Å². The lowest BCUT2D eigenvalue weighted by Crippen LogP contribution is -2.47. The smallest absolute Gasteiger partial charge is 0.140 e. The van der Waals surface area contributed by atoms with Gasteiger partial charge in [-0.25, -0.2) is 4.39 Å². The molecular weight excluding hydrogens is 277 g/mol. The third-order valence-electron chi connectivity index (χ3n) is 4.46. The molecule has 1 aromatic carbocycles. The number of benzene rings is 1. The quantitative estimate of drug-likeness (QED) is 0.864. The van der Waals surface area contributed by atoms with Crippen molar-refractivity contribution in [2.45, 2.75) is 48.2 Å². The fourth-order valence-corrected chi connectivity index (χ4v) is 5.64. The van der Waals surface area contributed by atoms with Gasteiger partial charge in [-0.2, -0.15) is 5.26 Å². The van der Waals surface area contributed by atoms with Crippen molar-refractivity contribution in [1.29, 1.82) is 5.26 Å². The molecule has 2 aliphatic heterocycles. The molecule has 3 nitrogen and oxygen atoms in total. The van der Waals surface area contributed by atoms with Gasteiger partial charge in [-0.3, -0.25) is 4.21 Å². The average Bonchev–Trinajstić information content (AvgIpc) is 2.41. The van der Waals surface area contributed by atoms with Gasteiger partial charge in [0.1, 0.15) is 11.9 Å². The Labute approximate surface area is 119 Å². The highest BCUT2D eigenvalue weighted by molar-refractivity contribution is 7.86. The van der Waals surface area contributed by atoms with E-state index in [1.54, 1.807) is 12.1 Å². The summed E-state index contributed by atoms with van der Waals surface area (Å²) in [5.74, 6) is -0.570. The molecule has 2 bridgehead atoms. The van der Waals surface area contributed by atoms with Crippen LogP contribution < -0.4 is 0 Å². The van der Waals surface area contributed by atoms with Gasteiger partial charge in [0, 0.05) is 21.3 Å². The Kier molecular flexibility index (Phi) is 3.39. The molecule has 2 saturated heterocycles. The SMILES string of the molecule is N#Cc1cc(C2(O)CC3CCCC(C2)S3=O)ccc1F. The van der Waals surface area contributed by atoms with E-state index in [9.17, 15) is 13.7 Å². The summed E-state index contributed by atoms with van der Waals surface area (Å²) in [5.41, 5.74) is -0.556.